The summed E-state index contributed by atoms with van der Waals surface area (Å²) in [7, 11) is 0. The lowest BCUT2D eigenvalue weighted by Gasteiger charge is -2.33. The standard InChI is InChI=1S/C27H32F3N3O3/c1-17(2)14-26(6,33-24(34)36-25(3,4)5)16-35-23-8-7-18(13-21(23)27(28,29)30)19-9-12-32-22-10-11-31-15-20(19)22/h7-13,15,17H,14,16H2,1-6H3,(H,33,34)/t26-/m0/s1. The van der Waals surface area contributed by atoms with Gasteiger partial charge in [0.2, 0.25) is 0 Å². The summed E-state index contributed by atoms with van der Waals surface area (Å²) in [6.45, 7) is 10.7. The molecule has 1 N–H and O–H groups in total. The molecule has 36 heavy (non-hydrogen) atoms. The minimum absolute atomic E-state index is 0.145. The number of nitrogens with zero attached hydrogens (tertiary/aromatic N) is 2. The number of carbonyl (C=O) groups excluding carboxylic acids is 1. The maximum absolute atomic E-state index is 14.1. The fourth-order valence-corrected chi connectivity index (χ4v) is 4.12. The first-order chi connectivity index (χ1) is 16.7. The van der Waals surface area contributed by atoms with E-state index in [1.54, 1.807) is 64.5 Å². The smallest absolute Gasteiger partial charge is 0.419 e. The number of alkyl halides is 3. The van der Waals surface area contributed by atoms with E-state index in [4.69, 9.17) is 9.47 Å². The molecule has 0 aliphatic heterocycles. The third-order valence-electron chi connectivity index (χ3n) is 5.35. The zero-order valence-electron chi connectivity index (χ0n) is 21.4. The molecule has 1 amide bonds. The van der Waals surface area contributed by atoms with E-state index in [0.29, 0.717) is 28.5 Å². The van der Waals surface area contributed by atoms with Crippen LogP contribution in [0.1, 0.15) is 53.5 Å². The Morgan fingerprint density at radius 1 is 1.06 bits per heavy atom. The molecule has 0 unspecified atom stereocenters. The van der Waals surface area contributed by atoms with Gasteiger partial charge in [-0.15, -0.1) is 0 Å². The molecule has 6 nitrogen and oxygen atoms in total. The second-order valence-corrected chi connectivity index (χ2v) is 10.5. The molecule has 9 heteroatoms. The molecule has 0 radical (unpaired) electrons. The highest BCUT2D eigenvalue weighted by molar-refractivity contribution is 5.93. The van der Waals surface area contributed by atoms with Crippen LogP contribution in [0, 0.1) is 5.92 Å². The van der Waals surface area contributed by atoms with Gasteiger partial charge in [0.05, 0.1) is 16.6 Å². The van der Waals surface area contributed by atoms with Gasteiger partial charge in [-0.3, -0.25) is 9.97 Å². The molecule has 0 aliphatic rings. The van der Waals surface area contributed by atoms with Gasteiger partial charge in [-0.1, -0.05) is 19.9 Å². The second kappa shape index (κ2) is 10.3. The highest BCUT2D eigenvalue weighted by atomic mass is 19.4. The number of carbonyl (C=O) groups is 1. The Morgan fingerprint density at radius 2 is 1.78 bits per heavy atom. The Kier molecular flexibility index (Phi) is 7.81. The third kappa shape index (κ3) is 7.08. The van der Waals surface area contributed by atoms with Gasteiger partial charge in [0.25, 0.3) is 0 Å². The summed E-state index contributed by atoms with van der Waals surface area (Å²) in [4.78, 5) is 20.8. The first-order valence-electron chi connectivity index (χ1n) is 11.7. The van der Waals surface area contributed by atoms with Crippen molar-refractivity contribution >= 4 is 17.0 Å². The molecule has 0 spiro atoms. The van der Waals surface area contributed by atoms with Crippen LogP contribution in [0.4, 0.5) is 18.0 Å². The monoisotopic (exact) mass is 503 g/mol. The van der Waals surface area contributed by atoms with Gasteiger partial charge < -0.3 is 14.8 Å². The van der Waals surface area contributed by atoms with E-state index in [1.165, 1.54) is 6.07 Å². The second-order valence-electron chi connectivity index (χ2n) is 10.5. The van der Waals surface area contributed by atoms with Crippen LogP contribution in [0.2, 0.25) is 0 Å². The number of amides is 1. The summed E-state index contributed by atoms with van der Waals surface area (Å²) < 4.78 is 53.3. The lowest BCUT2D eigenvalue weighted by molar-refractivity contribution is -0.139. The van der Waals surface area contributed by atoms with Crippen molar-refractivity contribution in [3.63, 3.8) is 0 Å². The van der Waals surface area contributed by atoms with Gasteiger partial charge in [0.1, 0.15) is 18.0 Å². The van der Waals surface area contributed by atoms with Crippen molar-refractivity contribution in [2.24, 2.45) is 5.92 Å². The molecule has 1 aromatic carbocycles. The lowest BCUT2D eigenvalue weighted by Crippen LogP contribution is -2.52. The molecule has 0 bridgehead atoms. The van der Waals surface area contributed by atoms with Gasteiger partial charge in [-0.25, -0.2) is 4.79 Å². The minimum atomic E-state index is -4.65. The topological polar surface area (TPSA) is 73.3 Å². The summed E-state index contributed by atoms with van der Waals surface area (Å²) in [5.74, 6) is -0.171. The average Bonchev–Trinajstić information content (AvgIpc) is 2.74. The van der Waals surface area contributed by atoms with Crippen LogP contribution in [0.3, 0.4) is 0 Å². The largest absolute Gasteiger partial charge is 0.491 e. The molecule has 0 fully saturated rings. The Bertz CT molecular complexity index is 1220. The van der Waals surface area contributed by atoms with E-state index >= 15 is 0 Å². The van der Waals surface area contributed by atoms with Crippen LogP contribution < -0.4 is 10.1 Å². The van der Waals surface area contributed by atoms with Gasteiger partial charge in [0, 0.05) is 24.0 Å². The fourth-order valence-electron chi connectivity index (χ4n) is 4.12. The molecule has 194 valence electrons. The molecule has 2 heterocycles. The number of nitrogens with one attached hydrogen (secondary N) is 1. The highest BCUT2D eigenvalue weighted by Gasteiger charge is 2.37. The van der Waals surface area contributed by atoms with E-state index in [1.807, 2.05) is 13.8 Å². The number of hydrogen-bond acceptors (Lipinski definition) is 5. The molecule has 2 aromatic heterocycles. The van der Waals surface area contributed by atoms with E-state index in [0.717, 1.165) is 6.07 Å². The Labute approximate surface area is 209 Å². The van der Waals surface area contributed by atoms with Crippen LogP contribution in [0.15, 0.2) is 48.9 Å². The van der Waals surface area contributed by atoms with E-state index in [2.05, 4.69) is 15.3 Å². The summed E-state index contributed by atoms with van der Waals surface area (Å²) in [5.41, 5.74) is -0.985. The predicted molar refractivity (Wildman–Crippen MR) is 133 cm³/mol. The lowest BCUT2D eigenvalue weighted by atomic mass is 9.91. The molecular weight excluding hydrogens is 471 g/mol. The van der Waals surface area contributed by atoms with E-state index in [-0.39, 0.29) is 18.3 Å². The zero-order valence-corrected chi connectivity index (χ0v) is 21.4. The molecule has 0 aliphatic carbocycles. The first kappa shape index (κ1) is 27.2. The molecule has 0 saturated heterocycles. The predicted octanol–water partition coefficient (Wildman–Crippen LogP) is 7.02. The van der Waals surface area contributed by atoms with Gasteiger partial charge >= 0.3 is 12.3 Å². The van der Waals surface area contributed by atoms with E-state index < -0.39 is 29.0 Å². The quantitative estimate of drug-likeness (QED) is 0.375. The number of pyridine rings is 2. The SMILES string of the molecule is CC(C)C[C@@](C)(COc1ccc(-c2ccnc3ccncc23)cc1C(F)(F)F)NC(=O)OC(C)(C)C. The maximum Gasteiger partial charge on any atom is 0.419 e. The summed E-state index contributed by atoms with van der Waals surface area (Å²) in [5, 5.41) is 3.43. The number of halogens is 3. The van der Waals surface area contributed by atoms with Crippen molar-refractivity contribution in [2.75, 3.05) is 6.61 Å². The van der Waals surface area contributed by atoms with Crippen LogP contribution in [0.5, 0.6) is 5.75 Å². The number of aromatic nitrogens is 2. The van der Waals surface area contributed by atoms with Crippen molar-refractivity contribution < 1.29 is 27.4 Å². The van der Waals surface area contributed by atoms with Crippen molar-refractivity contribution in [1.29, 1.82) is 0 Å². The Hall–Kier alpha value is -3.36. The fraction of sp³-hybridized carbons (Fsp3) is 0.444. The summed E-state index contributed by atoms with van der Waals surface area (Å²) >= 11 is 0. The molecule has 0 saturated carbocycles. The van der Waals surface area contributed by atoms with Crippen molar-refractivity contribution in [3.05, 3.63) is 54.5 Å². The maximum atomic E-state index is 14.1. The number of alkyl carbamates (subject to hydrolysis) is 1. The normalized spacial score (nSPS) is 13.9. The van der Waals surface area contributed by atoms with Crippen molar-refractivity contribution in [1.82, 2.24) is 15.3 Å². The molecule has 3 rings (SSSR count). The number of hydrogen-bond donors (Lipinski definition) is 1. The van der Waals surface area contributed by atoms with Crippen LogP contribution in [0.25, 0.3) is 22.0 Å². The molecule has 1 atom stereocenters. The van der Waals surface area contributed by atoms with Crippen LogP contribution >= 0.6 is 0 Å². The first-order valence-corrected chi connectivity index (χ1v) is 11.7. The van der Waals surface area contributed by atoms with Gasteiger partial charge in [-0.2, -0.15) is 13.2 Å². The minimum Gasteiger partial charge on any atom is -0.491 e. The third-order valence-corrected chi connectivity index (χ3v) is 5.35. The van der Waals surface area contributed by atoms with E-state index in [9.17, 15) is 18.0 Å². The Morgan fingerprint density at radius 3 is 2.42 bits per heavy atom. The number of ether oxygens (including phenoxy) is 2. The number of benzene rings is 1. The molecule has 3 aromatic rings. The number of rotatable bonds is 7. The number of fused-ring (bicyclic) bond motifs is 1. The highest BCUT2D eigenvalue weighted by Crippen LogP contribution is 2.40. The van der Waals surface area contributed by atoms with Gasteiger partial charge in [-0.05, 0) is 75.4 Å². The van der Waals surface area contributed by atoms with Crippen LogP contribution in [-0.2, 0) is 10.9 Å². The van der Waals surface area contributed by atoms with Crippen molar-refractivity contribution in [3.8, 4) is 16.9 Å². The molecular formula is C27H32F3N3O3. The summed E-state index contributed by atoms with van der Waals surface area (Å²) in [6.07, 6.45) is -0.124. The summed E-state index contributed by atoms with van der Waals surface area (Å²) in [6, 6.07) is 7.31. The van der Waals surface area contributed by atoms with Gasteiger partial charge in [0.15, 0.2) is 0 Å². The Balaban J connectivity index is 1.92. The van der Waals surface area contributed by atoms with Crippen LogP contribution in [-0.4, -0.2) is 33.8 Å². The van der Waals surface area contributed by atoms with Crippen molar-refractivity contribution in [2.45, 2.75) is 65.3 Å². The zero-order chi connectivity index (χ0) is 26.7. The average molecular weight is 504 g/mol.